The molecule has 0 nitrogen and oxygen atoms in total. The van der Waals surface area contributed by atoms with E-state index in [1.807, 2.05) is 37.3 Å². The minimum Gasteiger partial charge on any atom is -0.206 e. The van der Waals surface area contributed by atoms with Crippen LogP contribution in [-0.4, -0.2) is 0 Å². The molecule has 0 saturated carbocycles. The molecule has 0 aromatic heterocycles. The minimum absolute atomic E-state index is 0.262. The highest BCUT2D eigenvalue weighted by Gasteiger charge is 2.00. The van der Waals surface area contributed by atoms with Crippen molar-refractivity contribution >= 4 is 0 Å². The highest BCUT2D eigenvalue weighted by Crippen LogP contribution is 2.12. The van der Waals surface area contributed by atoms with Crippen molar-refractivity contribution in [2.75, 3.05) is 0 Å². The number of hydrogen-bond donors (Lipinski definition) is 0. The maximum atomic E-state index is 14.1. The van der Waals surface area contributed by atoms with Crippen molar-refractivity contribution in [2.24, 2.45) is 0 Å². The summed E-state index contributed by atoms with van der Waals surface area (Å²) >= 11 is 0. The summed E-state index contributed by atoms with van der Waals surface area (Å²) in [4.78, 5) is 0. The largest absolute Gasteiger partial charge is 0.206 e. The fourth-order valence-electron chi connectivity index (χ4n) is 3.49. The van der Waals surface area contributed by atoms with Gasteiger partial charge >= 0.3 is 0 Å². The van der Waals surface area contributed by atoms with Crippen molar-refractivity contribution in [1.29, 1.82) is 0 Å². The highest BCUT2D eigenvalue weighted by molar-refractivity contribution is 5.48. The van der Waals surface area contributed by atoms with Crippen LogP contribution in [0.5, 0.6) is 0 Å². The first kappa shape index (κ1) is 23.4. The second-order valence-electron chi connectivity index (χ2n) is 8.11. The smallest absolute Gasteiger partial charge is 0.139 e. The van der Waals surface area contributed by atoms with Crippen molar-refractivity contribution in [2.45, 2.75) is 58.8 Å². The molecule has 0 aliphatic carbocycles. The average Bonchev–Trinajstić information content (AvgIpc) is 2.83. The predicted octanol–water partition coefficient (Wildman–Crippen LogP) is 7.70. The van der Waals surface area contributed by atoms with Crippen molar-refractivity contribution in [3.63, 3.8) is 0 Å². The van der Waals surface area contributed by atoms with Gasteiger partial charge in [0.15, 0.2) is 0 Å². The van der Waals surface area contributed by atoms with E-state index in [1.165, 1.54) is 37.7 Å². The van der Waals surface area contributed by atoms with Crippen LogP contribution < -0.4 is 0 Å². The first-order valence-electron chi connectivity index (χ1n) is 11.7. The molecule has 0 bridgehead atoms. The summed E-state index contributed by atoms with van der Waals surface area (Å²) in [6, 6.07) is 21.6. The van der Waals surface area contributed by atoms with Crippen molar-refractivity contribution in [1.82, 2.24) is 0 Å². The molecule has 3 rings (SSSR count). The molecule has 0 radical (unpaired) electrons. The van der Waals surface area contributed by atoms with Crippen molar-refractivity contribution in [3.05, 3.63) is 106 Å². The fourth-order valence-corrected chi connectivity index (χ4v) is 3.49. The Hall–Kier alpha value is -3.29. The number of halogens is 1. The molecular weight excluding hydrogens is 391 g/mol. The lowest BCUT2D eigenvalue weighted by atomic mass is 10.0. The van der Waals surface area contributed by atoms with Gasteiger partial charge in [-0.3, -0.25) is 0 Å². The summed E-state index contributed by atoms with van der Waals surface area (Å²) in [6.07, 6.45) is 8.51. The number of hydrogen-bond acceptors (Lipinski definition) is 0. The van der Waals surface area contributed by atoms with E-state index in [2.05, 4.69) is 54.9 Å². The second-order valence-corrected chi connectivity index (χ2v) is 8.11. The summed E-state index contributed by atoms with van der Waals surface area (Å²) in [7, 11) is 0. The molecule has 0 fully saturated rings. The van der Waals surface area contributed by atoms with E-state index in [4.69, 9.17) is 0 Å². The van der Waals surface area contributed by atoms with E-state index in [9.17, 15) is 4.39 Å². The van der Waals surface area contributed by atoms with Gasteiger partial charge in [-0.1, -0.05) is 81.4 Å². The molecule has 0 N–H and O–H groups in total. The lowest BCUT2D eigenvalue weighted by molar-refractivity contribution is 0.622. The lowest BCUT2D eigenvalue weighted by Crippen LogP contribution is -1.87. The molecule has 0 heterocycles. The van der Waals surface area contributed by atoms with Crippen LogP contribution in [0.25, 0.3) is 0 Å². The third-order valence-electron chi connectivity index (χ3n) is 5.54. The van der Waals surface area contributed by atoms with Gasteiger partial charge < -0.3 is 0 Å². The van der Waals surface area contributed by atoms with Gasteiger partial charge in [-0.25, -0.2) is 4.39 Å². The van der Waals surface area contributed by atoms with Crippen LogP contribution in [0.3, 0.4) is 0 Å². The predicted molar refractivity (Wildman–Crippen MR) is 133 cm³/mol. The molecule has 0 spiro atoms. The van der Waals surface area contributed by atoms with Gasteiger partial charge in [-0.15, -0.1) is 0 Å². The van der Waals surface area contributed by atoms with Gasteiger partial charge in [0.1, 0.15) is 5.82 Å². The van der Waals surface area contributed by atoms with Gasteiger partial charge in [-0.2, -0.15) is 0 Å². The van der Waals surface area contributed by atoms with Crippen molar-refractivity contribution in [3.8, 4) is 23.7 Å². The Morgan fingerprint density at radius 2 is 1.12 bits per heavy atom. The lowest BCUT2D eigenvalue weighted by Gasteiger charge is -2.01. The Labute approximate surface area is 192 Å². The Morgan fingerprint density at radius 1 is 0.594 bits per heavy atom. The van der Waals surface area contributed by atoms with Crippen LogP contribution >= 0.6 is 0 Å². The summed E-state index contributed by atoms with van der Waals surface area (Å²) in [5.41, 5.74) is 5.60. The molecule has 3 aromatic carbocycles. The number of unbranched alkanes of at least 4 members (excludes halogenated alkanes) is 4. The van der Waals surface area contributed by atoms with Crippen LogP contribution in [0.15, 0.2) is 66.7 Å². The number of benzene rings is 3. The molecule has 0 aliphatic heterocycles. The summed E-state index contributed by atoms with van der Waals surface area (Å²) in [5.74, 6) is 12.1. The third-order valence-corrected chi connectivity index (χ3v) is 5.54. The van der Waals surface area contributed by atoms with Gasteiger partial charge in [0.05, 0.1) is 5.56 Å². The standard InChI is InChI=1S/C31H31F/c1-3-5-6-7-8-9-26-10-12-27(13-11-26)14-15-28-16-18-29(19-17-28)21-23-30-22-20-25(4-2)24-31(30)32/h10-13,16-20,22,24H,3-9H2,1-2H3. The summed E-state index contributed by atoms with van der Waals surface area (Å²) in [5, 5.41) is 0. The Morgan fingerprint density at radius 3 is 1.69 bits per heavy atom. The molecule has 0 atom stereocenters. The van der Waals surface area contributed by atoms with Crippen molar-refractivity contribution < 1.29 is 4.39 Å². The van der Waals surface area contributed by atoms with E-state index >= 15 is 0 Å². The Bertz CT molecular complexity index is 1110. The van der Waals surface area contributed by atoms with Gasteiger partial charge in [0.25, 0.3) is 0 Å². The summed E-state index contributed by atoms with van der Waals surface area (Å²) < 4.78 is 14.1. The third kappa shape index (κ3) is 7.44. The molecule has 32 heavy (non-hydrogen) atoms. The SMILES string of the molecule is CCCCCCCc1ccc(C#Cc2ccc(C#Cc3ccc(CC)cc3F)cc2)cc1. The second kappa shape index (κ2) is 12.5. The maximum absolute atomic E-state index is 14.1. The highest BCUT2D eigenvalue weighted by atomic mass is 19.1. The van der Waals surface area contributed by atoms with Crippen LogP contribution in [0.1, 0.15) is 79.3 Å². The van der Waals surface area contributed by atoms with Crippen LogP contribution in [0, 0.1) is 29.5 Å². The van der Waals surface area contributed by atoms with Crippen LogP contribution in [-0.2, 0) is 12.8 Å². The maximum Gasteiger partial charge on any atom is 0.139 e. The number of rotatable bonds is 7. The zero-order valence-corrected chi connectivity index (χ0v) is 19.2. The molecular formula is C31H31F. The van der Waals surface area contributed by atoms with Gasteiger partial charge in [0, 0.05) is 16.7 Å². The quantitative estimate of drug-likeness (QED) is 0.270. The van der Waals surface area contributed by atoms with Gasteiger partial charge in [0.2, 0.25) is 0 Å². The number of aryl methyl sites for hydroxylation is 2. The van der Waals surface area contributed by atoms with E-state index < -0.39 is 0 Å². The fraction of sp³-hybridized carbons (Fsp3) is 0.290. The first-order chi connectivity index (χ1) is 15.7. The van der Waals surface area contributed by atoms with Gasteiger partial charge in [-0.05, 0) is 78.9 Å². The average molecular weight is 423 g/mol. The molecule has 162 valence electrons. The van der Waals surface area contributed by atoms with Crippen LogP contribution in [0.2, 0.25) is 0 Å². The summed E-state index contributed by atoms with van der Waals surface area (Å²) in [6.45, 7) is 4.26. The monoisotopic (exact) mass is 422 g/mol. The molecule has 0 amide bonds. The molecule has 0 aliphatic rings. The Kier molecular flexibility index (Phi) is 9.16. The minimum atomic E-state index is -0.262. The molecule has 0 unspecified atom stereocenters. The molecule has 3 aromatic rings. The topological polar surface area (TPSA) is 0 Å². The zero-order valence-electron chi connectivity index (χ0n) is 19.2. The Balaban J connectivity index is 1.57. The first-order valence-corrected chi connectivity index (χ1v) is 11.7. The van der Waals surface area contributed by atoms with E-state index in [0.717, 1.165) is 35.1 Å². The van der Waals surface area contributed by atoms with E-state index in [-0.39, 0.29) is 5.82 Å². The van der Waals surface area contributed by atoms with E-state index in [1.54, 1.807) is 12.1 Å². The van der Waals surface area contributed by atoms with E-state index in [0.29, 0.717) is 5.56 Å². The zero-order chi connectivity index (χ0) is 22.6. The van der Waals surface area contributed by atoms with Crippen LogP contribution in [0.4, 0.5) is 4.39 Å². The normalized spacial score (nSPS) is 10.1. The molecule has 0 saturated heterocycles. The molecule has 1 heteroatoms.